The summed E-state index contributed by atoms with van der Waals surface area (Å²) >= 11 is 0. The molecule has 0 heterocycles. The van der Waals surface area contributed by atoms with Gasteiger partial charge in [0, 0.05) is 0 Å². The molecule has 0 saturated heterocycles. The Morgan fingerprint density at radius 3 is 1.46 bits per heavy atom. The van der Waals surface area contributed by atoms with E-state index in [4.69, 9.17) is 0 Å². The summed E-state index contributed by atoms with van der Waals surface area (Å²) in [6.07, 6.45) is 14.5. The van der Waals surface area contributed by atoms with Gasteiger partial charge in [0.15, 0.2) is 0 Å². The summed E-state index contributed by atoms with van der Waals surface area (Å²) in [5.41, 5.74) is 1.44. The van der Waals surface area contributed by atoms with E-state index in [-0.39, 0.29) is 118 Å². The summed E-state index contributed by atoms with van der Waals surface area (Å²) in [6.45, 7) is 15.5. The molecule has 127 valence electrons. The third kappa shape index (κ3) is 28.0. The van der Waals surface area contributed by atoms with Gasteiger partial charge in [0.05, 0.1) is 0 Å². The van der Waals surface area contributed by atoms with Gasteiger partial charge in [0.1, 0.15) is 0 Å². The molecule has 0 spiro atoms. The molecule has 0 saturated carbocycles. The van der Waals surface area contributed by atoms with Crippen molar-refractivity contribution in [1.82, 2.24) is 0 Å². The van der Waals surface area contributed by atoms with Crippen LogP contribution >= 0.6 is 0 Å². The number of hydrogen-bond donors (Lipinski definition) is 0. The molecule has 0 aliphatic carbocycles. The van der Waals surface area contributed by atoms with Crippen molar-refractivity contribution >= 4 is 118 Å². The normalized spacial score (nSPS) is 13.0. The molecular formula is C20H43Na4. The molecule has 4 heteroatoms. The van der Waals surface area contributed by atoms with Crippen molar-refractivity contribution in [3.63, 3.8) is 0 Å². The molecule has 0 N–H and O–H groups in total. The van der Waals surface area contributed by atoms with E-state index < -0.39 is 0 Å². The van der Waals surface area contributed by atoms with E-state index in [1.807, 2.05) is 6.08 Å². The summed E-state index contributed by atoms with van der Waals surface area (Å²) in [5.74, 6) is 2.70. The standard InChI is InChI=1S/C20H39.4Na.4H/c1-7-18(4)12-9-14-20(6)16-10-15-19(5)13-8-11-17(2)3;;;;;;;;/h7,17,19-20H,1,8-16H2,2-6H3;;;;;;;;/b18-7+;;;;;;;;/t19-,20+;;;;;;;;/m1......../s1. The van der Waals surface area contributed by atoms with E-state index in [9.17, 15) is 0 Å². The molecule has 0 aromatic heterocycles. The van der Waals surface area contributed by atoms with Crippen LogP contribution < -0.4 is 0 Å². The Morgan fingerprint density at radius 2 is 1.08 bits per heavy atom. The van der Waals surface area contributed by atoms with Crippen molar-refractivity contribution in [2.75, 3.05) is 0 Å². The Hall–Kier alpha value is 3.74. The third-order valence-corrected chi connectivity index (χ3v) is 4.49. The zero-order chi connectivity index (χ0) is 15.4. The first kappa shape index (κ1) is 38.4. The maximum absolute atomic E-state index is 3.83. The minimum absolute atomic E-state index is 0. The molecule has 0 bridgehead atoms. The van der Waals surface area contributed by atoms with Gasteiger partial charge in [-0.2, -0.15) is 0 Å². The van der Waals surface area contributed by atoms with E-state index in [1.165, 1.54) is 63.4 Å². The van der Waals surface area contributed by atoms with Crippen molar-refractivity contribution in [3.05, 3.63) is 18.6 Å². The van der Waals surface area contributed by atoms with Crippen LogP contribution in [-0.4, -0.2) is 118 Å². The van der Waals surface area contributed by atoms with Crippen LogP contribution in [0, 0.1) is 24.7 Å². The average molecular weight is 376 g/mol. The quantitative estimate of drug-likeness (QED) is 0.437. The van der Waals surface area contributed by atoms with Crippen molar-refractivity contribution in [3.8, 4) is 0 Å². The fourth-order valence-corrected chi connectivity index (χ4v) is 2.81. The number of rotatable bonds is 12. The van der Waals surface area contributed by atoms with Crippen molar-refractivity contribution in [1.29, 1.82) is 0 Å². The van der Waals surface area contributed by atoms with Crippen LogP contribution in [0.1, 0.15) is 92.4 Å². The SMILES string of the molecule is [CH2]/C=C(\C)CCC[C@H](C)CCC[C@H](C)CCCC(C)C.[NaH].[NaH].[NaH].[NaH]. The zero-order valence-corrected chi connectivity index (χ0v) is 14.9. The van der Waals surface area contributed by atoms with Gasteiger partial charge in [-0.15, -0.1) is 0 Å². The van der Waals surface area contributed by atoms with Gasteiger partial charge in [-0.05, 0) is 44.4 Å². The molecule has 24 heavy (non-hydrogen) atoms. The number of allylic oxidation sites excluding steroid dienone is 2. The molecule has 0 amide bonds. The molecular weight excluding hydrogens is 332 g/mol. The fraction of sp³-hybridized carbons (Fsp3) is 0.850. The van der Waals surface area contributed by atoms with Gasteiger partial charge in [-0.1, -0.05) is 84.3 Å². The molecule has 0 aromatic rings. The topological polar surface area (TPSA) is 0 Å². The molecule has 0 unspecified atom stereocenters. The second-order valence-electron chi connectivity index (χ2n) is 7.41. The molecule has 0 fully saturated rings. The van der Waals surface area contributed by atoms with Crippen LogP contribution in [0.4, 0.5) is 0 Å². The monoisotopic (exact) mass is 375 g/mol. The first-order chi connectivity index (χ1) is 9.45. The van der Waals surface area contributed by atoms with E-state index in [2.05, 4.69) is 41.5 Å². The Morgan fingerprint density at radius 1 is 0.708 bits per heavy atom. The predicted octanol–water partition coefficient (Wildman–Crippen LogP) is 4.61. The predicted molar refractivity (Wildman–Crippen MR) is 122 cm³/mol. The van der Waals surface area contributed by atoms with Crippen molar-refractivity contribution in [2.24, 2.45) is 17.8 Å². The first-order valence-electron chi connectivity index (χ1n) is 8.90. The van der Waals surface area contributed by atoms with Crippen LogP contribution in [0.2, 0.25) is 0 Å². The summed E-state index contributed by atoms with van der Waals surface area (Å²) in [5, 5.41) is 0. The average Bonchev–Trinajstić information content (AvgIpc) is 2.38. The maximum atomic E-state index is 3.83. The van der Waals surface area contributed by atoms with Crippen LogP contribution in [-0.2, 0) is 0 Å². The Balaban J connectivity index is -0.000000301. The second kappa shape index (κ2) is 26.7. The van der Waals surface area contributed by atoms with Crippen molar-refractivity contribution < 1.29 is 0 Å². The molecule has 0 aromatic carbocycles. The van der Waals surface area contributed by atoms with E-state index in [1.54, 1.807) is 0 Å². The Labute approximate surface area is 243 Å². The van der Waals surface area contributed by atoms with Gasteiger partial charge in [0.25, 0.3) is 0 Å². The molecule has 0 aliphatic rings. The molecule has 1 radical (unpaired) electrons. The Bertz CT molecular complexity index is 252. The minimum atomic E-state index is 0. The summed E-state index contributed by atoms with van der Waals surface area (Å²) < 4.78 is 0. The van der Waals surface area contributed by atoms with Gasteiger partial charge < -0.3 is 0 Å². The van der Waals surface area contributed by atoms with Gasteiger partial charge >= 0.3 is 118 Å². The first-order valence-corrected chi connectivity index (χ1v) is 8.90. The van der Waals surface area contributed by atoms with Crippen LogP contribution in [0.15, 0.2) is 11.6 Å². The number of hydrogen-bond acceptors (Lipinski definition) is 0. The van der Waals surface area contributed by atoms with Crippen LogP contribution in [0.25, 0.3) is 0 Å². The van der Waals surface area contributed by atoms with E-state index in [0.717, 1.165) is 17.8 Å². The van der Waals surface area contributed by atoms with Gasteiger partial charge in [0.2, 0.25) is 0 Å². The molecule has 0 aliphatic heterocycles. The third-order valence-electron chi connectivity index (χ3n) is 4.49. The molecule has 0 rings (SSSR count). The van der Waals surface area contributed by atoms with Gasteiger partial charge in [-0.3, -0.25) is 0 Å². The zero-order valence-electron chi connectivity index (χ0n) is 14.9. The fourth-order valence-electron chi connectivity index (χ4n) is 2.81. The summed E-state index contributed by atoms with van der Waals surface area (Å²) in [6, 6.07) is 0. The summed E-state index contributed by atoms with van der Waals surface area (Å²) in [4.78, 5) is 0. The van der Waals surface area contributed by atoms with Gasteiger partial charge in [-0.25, -0.2) is 0 Å². The van der Waals surface area contributed by atoms with Crippen molar-refractivity contribution in [2.45, 2.75) is 92.4 Å². The van der Waals surface area contributed by atoms with Crippen LogP contribution in [0.5, 0.6) is 0 Å². The summed E-state index contributed by atoms with van der Waals surface area (Å²) in [7, 11) is 0. The molecule has 2 atom stereocenters. The second-order valence-corrected chi connectivity index (χ2v) is 7.41. The molecule has 0 nitrogen and oxygen atoms in total. The Kier molecular flexibility index (Phi) is 42.7. The van der Waals surface area contributed by atoms with E-state index in [0.29, 0.717) is 0 Å². The van der Waals surface area contributed by atoms with Crippen LogP contribution in [0.3, 0.4) is 0 Å². The van der Waals surface area contributed by atoms with E-state index >= 15 is 0 Å².